The second-order valence-electron chi connectivity index (χ2n) is 8.90. The van der Waals surface area contributed by atoms with Gasteiger partial charge in [0.1, 0.15) is 0 Å². The fourth-order valence-corrected chi connectivity index (χ4v) is 6.46. The van der Waals surface area contributed by atoms with E-state index < -0.39 is 10.0 Å². The molecule has 0 radical (unpaired) electrons. The molecule has 2 saturated heterocycles. The molecular weight excluding hydrogens is 434 g/mol. The van der Waals surface area contributed by atoms with E-state index in [2.05, 4.69) is 33.0 Å². The molecule has 2 aromatic carbocycles. The Hall–Kier alpha value is -2.71. The van der Waals surface area contributed by atoms with E-state index in [0.29, 0.717) is 37.1 Å². The lowest BCUT2D eigenvalue weighted by Gasteiger charge is -2.36. The lowest BCUT2D eigenvalue weighted by molar-refractivity contribution is 0.383. The molecule has 1 unspecified atom stereocenters. The zero-order valence-corrected chi connectivity index (χ0v) is 19.9. The highest BCUT2D eigenvalue weighted by atomic mass is 32.2. The van der Waals surface area contributed by atoms with Crippen molar-refractivity contribution in [2.75, 3.05) is 42.5 Å². The Balaban J connectivity index is 1.25. The van der Waals surface area contributed by atoms with Crippen LogP contribution in [0.3, 0.4) is 0 Å². The number of sulfonamides is 1. The van der Waals surface area contributed by atoms with Gasteiger partial charge in [-0.05, 0) is 60.7 Å². The number of rotatable bonds is 5. The van der Waals surface area contributed by atoms with Gasteiger partial charge in [0.2, 0.25) is 10.0 Å². The predicted molar refractivity (Wildman–Crippen MR) is 132 cm³/mol. The number of aromatic nitrogens is 2. The molecule has 3 heterocycles. The van der Waals surface area contributed by atoms with Crippen LogP contribution < -0.4 is 9.80 Å². The predicted octanol–water partition coefficient (Wildman–Crippen LogP) is 3.91. The maximum atomic E-state index is 13.2. The van der Waals surface area contributed by atoms with E-state index in [1.165, 1.54) is 19.3 Å². The minimum Gasteiger partial charge on any atom is -0.352 e. The van der Waals surface area contributed by atoms with Crippen molar-refractivity contribution >= 4 is 32.4 Å². The molecule has 3 aromatic rings. The Kier molecular flexibility index (Phi) is 6.21. The lowest BCUT2D eigenvalue weighted by Crippen LogP contribution is -2.49. The average Bonchev–Trinajstić information content (AvgIpc) is 2.88. The van der Waals surface area contributed by atoms with Gasteiger partial charge in [0.05, 0.1) is 4.90 Å². The van der Waals surface area contributed by atoms with E-state index in [0.717, 1.165) is 35.4 Å². The molecule has 5 rings (SSSR count). The molecule has 0 amide bonds. The van der Waals surface area contributed by atoms with Crippen molar-refractivity contribution in [3.05, 3.63) is 54.6 Å². The van der Waals surface area contributed by atoms with Gasteiger partial charge >= 0.3 is 0 Å². The molecule has 0 aliphatic carbocycles. The van der Waals surface area contributed by atoms with Gasteiger partial charge in [-0.1, -0.05) is 37.3 Å². The summed E-state index contributed by atoms with van der Waals surface area (Å²) in [7, 11) is -3.53. The Morgan fingerprint density at radius 1 is 0.848 bits per heavy atom. The Morgan fingerprint density at radius 2 is 1.58 bits per heavy atom. The number of piperidine rings is 1. The number of piperazine rings is 1. The number of benzene rings is 2. The Labute approximate surface area is 196 Å². The summed E-state index contributed by atoms with van der Waals surface area (Å²) in [6.45, 7) is 5.34. The second kappa shape index (κ2) is 9.27. The number of hydrogen-bond donors (Lipinski definition) is 0. The monoisotopic (exact) mass is 465 g/mol. The van der Waals surface area contributed by atoms with Gasteiger partial charge in [0, 0.05) is 38.8 Å². The van der Waals surface area contributed by atoms with Crippen LogP contribution in [0, 0.1) is 0 Å². The first-order valence-electron chi connectivity index (χ1n) is 11.9. The van der Waals surface area contributed by atoms with Crippen molar-refractivity contribution < 1.29 is 8.42 Å². The number of nitrogens with zero attached hydrogens (tertiary/aromatic N) is 5. The number of fused-ring (bicyclic) bond motifs is 1. The summed E-state index contributed by atoms with van der Waals surface area (Å²) >= 11 is 0. The van der Waals surface area contributed by atoms with Crippen LogP contribution in [0.15, 0.2) is 59.5 Å². The van der Waals surface area contributed by atoms with E-state index in [9.17, 15) is 8.42 Å². The Bertz CT molecular complexity index is 1210. The SMILES string of the molecule is CCC1CCCCN1c1ccc(N2CCN(S(=O)(=O)c3ccc4ccccc4c3)CC2)nn1. The van der Waals surface area contributed by atoms with Crippen LogP contribution in [-0.4, -0.2) is 61.7 Å². The van der Waals surface area contributed by atoms with Crippen LogP contribution in [-0.2, 0) is 10.0 Å². The lowest BCUT2D eigenvalue weighted by atomic mass is 10.0. The third-order valence-corrected chi connectivity index (χ3v) is 8.85. The molecule has 174 valence electrons. The molecule has 0 spiro atoms. The summed E-state index contributed by atoms with van der Waals surface area (Å²) in [4.78, 5) is 4.86. The van der Waals surface area contributed by atoms with Crippen molar-refractivity contribution in [2.45, 2.75) is 43.5 Å². The third-order valence-electron chi connectivity index (χ3n) is 6.95. The molecule has 1 aromatic heterocycles. The second-order valence-corrected chi connectivity index (χ2v) is 10.8. The summed E-state index contributed by atoms with van der Waals surface area (Å²) in [6, 6.07) is 17.8. The minimum absolute atomic E-state index is 0.353. The van der Waals surface area contributed by atoms with Gasteiger partial charge in [-0.3, -0.25) is 0 Å². The van der Waals surface area contributed by atoms with E-state index >= 15 is 0 Å². The highest BCUT2D eigenvalue weighted by Gasteiger charge is 2.29. The van der Waals surface area contributed by atoms with Crippen LogP contribution in [0.2, 0.25) is 0 Å². The topological polar surface area (TPSA) is 69.6 Å². The summed E-state index contributed by atoms with van der Waals surface area (Å²) in [5, 5.41) is 11.0. The maximum absolute atomic E-state index is 13.2. The third kappa shape index (κ3) is 4.42. The largest absolute Gasteiger partial charge is 0.352 e. The van der Waals surface area contributed by atoms with E-state index in [-0.39, 0.29) is 0 Å². The Morgan fingerprint density at radius 3 is 2.30 bits per heavy atom. The summed E-state index contributed by atoms with van der Waals surface area (Å²) < 4.78 is 28.0. The standard InChI is InChI=1S/C25H31N5O2S/c1-2-22-9-5-6-14-30(22)25-13-12-24(26-27-25)28-15-17-29(18-16-28)33(31,32)23-11-10-20-7-3-4-8-21(20)19-23/h3-4,7-8,10-13,19,22H,2,5-6,9,14-18H2,1H3. The molecule has 1 atom stereocenters. The molecule has 2 aliphatic heterocycles. The molecule has 2 aliphatic rings. The van der Waals surface area contributed by atoms with Crippen LogP contribution in [0.5, 0.6) is 0 Å². The fourth-order valence-electron chi connectivity index (χ4n) is 5.00. The number of anilines is 2. The average molecular weight is 466 g/mol. The van der Waals surface area contributed by atoms with E-state index in [1.807, 2.05) is 36.4 Å². The molecule has 7 nitrogen and oxygen atoms in total. The van der Waals surface area contributed by atoms with E-state index in [1.54, 1.807) is 16.4 Å². The first kappa shape index (κ1) is 22.1. The summed E-state index contributed by atoms with van der Waals surface area (Å²) in [5.41, 5.74) is 0. The first-order chi connectivity index (χ1) is 16.1. The van der Waals surface area contributed by atoms with Crippen LogP contribution in [0.1, 0.15) is 32.6 Å². The zero-order valence-electron chi connectivity index (χ0n) is 19.1. The van der Waals surface area contributed by atoms with Crippen LogP contribution >= 0.6 is 0 Å². The van der Waals surface area contributed by atoms with Gasteiger partial charge in [0.15, 0.2) is 11.6 Å². The highest BCUT2D eigenvalue weighted by molar-refractivity contribution is 7.89. The fraction of sp³-hybridized carbons (Fsp3) is 0.440. The van der Waals surface area contributed by atoms with Gasteiger partial charge in [-0.25, -0.2) is 8.42 Å². The molecular formula is C25H31N5O2S. The van der Waals surface area contributed by atoms with E-state index in [4.69, 9.17) is 0 Å². The summed E-state index contributed by atoms with van der Waals surface area (Å²) in [5.74, 6) is 1.76. The number of hydrogen-bond acceptors (Lipinski definition) is 6. The summed E-state index contributed by atoms with van der Waals surface area (Å²) in [6.07, 6.45) is 4.82. The quantitative estimate of drug-likeness (QED) is 0.569. The normalized spacial score (nSPS) is 20.3. The van der Waals surface area contributed by atoms with Gasteiger partial charge in [-0.15, -0.1) is 10.2 Å². The molecule has 0 bridgehead atoms. The van der Waals surface area contributed by atoms with Crippen molar-refractivity contribution in [1.29, 1.82) is 0 Å². The van der Waals surface area contributed by atoms with Crippen molar-refractivity contribution in [2.24, 2.45) is 0 Å². The van der Waals surface area contributed by atoms with Crippen molar-refractivity contribution in [3.8, 4) is 0 Å². The van der Waals surface area contributed by atoms with Crippen LogP contribution in [0.25, 0.3) is 10.8 Å². The van der Waals surface area contributed by atoms with Crippen molar-refractivity contribution in [1.82, 2.24) is 14.5 Å². The molecule has 0 saturated carbocycles. The highest BCUT2D eigenvalue weighted by Crippen LogP contribution is 2.27. The van der Waals surface area contributed by atoms with Gasteiger partial charge in [0.25, 0.3) is 0 Å². The minimum atomic E-state index is -3.53. The van der Waals surface area contributed by atoms with Gasteiger partial charge in [-0.2, -0.15) is 4.31 Å². The first-order valence-corrected chi connectivity index (χ1v) is 13.3. The molecule has 0 N–H and O–H groups in total. The smallest absolute Gasteiger partial charge is 0.243 e. The van der Waals surface area contributed by atoms with Gasteiger partial charge < -0.3 is 9.80 Å². The zero-order chi connectivity index (χ0) is 22.8. The molecule has 33 heavy (non-hydrogen) atoms. The maximum Gasteiger partial charge on any atom is 0.243 e. The van der Waals surface area contributed by atoms with Crippen LogP contribution in [0.4, 0.5) is 11.6 Å². The van der Waals surface area contributed by atoms with Crippen molar-refractivity contribution in [3.63, 3.8) is 0 Å². The molecule has 2 fully saturated rings. The molecule has 8 heteroatoms.